The van der Waals surface area contributed by atoms with E-state index in [-0.39, 0.29) is 0 Å². The van der Waals surface area contributed by atoms with Crippen molar-refractivity contribution in [1.29, 1.82) is 0 Å². The van der Waals surface area contributed by atoms with Crippen LogP contribution in [-0.2, 0) is 12.7 Å². The van der Waals surface area contributed by atoms with Crippen LogP contribution in [0.5, 0.6) is 0 Å². The van der Waals surface area contributed by atoms with Crippen LogP contribution in [0.15, 0.2) is 35.7 Å². The number of halogens is 3. The molecule has 0 spiro atoms. The van der Waals surface area contributed by atoms with Gasteiger partial charge in [0.15, 0.2) is 5.82 Å². The molecule has 0 fully saturated rings. The maximum absolute atomic E-state index is 12.8. The summed E-state index contributed by atoms with van der Waals surface area (Å²) in [5, 5.41) is 1.94. The van der Waals surface area contributed by atoms with Gasteiger partial charge in [-0.3, -0.25) is 0 Å². The highest BCUT2D eigenvalue weighted by Gasteiger charge is 2.31. The molecule has 6 heteroatoms. The number of rotatable bonds is 3. The van der Waals surface area contributed by atoms with Gasteiger partial charge in [-0.05, 0) is 36.1 Å². The number of aryl methyl sites for hydroxylation is 1. The van der Waals surface area contributed by atoms with E-state index in [2.05, 4.69) is 4.98 Å². The SMILES string of the molecule is CCCn1c(-c2cccs2)nc2cc(C(F)(F)F)ccc21. The van der Waals surface area contributed by atoms with E-state index in [0.29, 0.717) is 5.52 Å². The van der Waals surface area contributed by atoms with Gasteiger partial charge in [-0.2, -0.15) is 13.2 Å². The fourth-order valence-electron chi connectivity index (χ4n) is 2.35. The van der Waals surface area contributed by atoms with Gasteiger partial charge in [0.1, 0.15) is 0 Å². The number of nitrogens with zero attached hydrogens (tertiary/aromatic N) is 2. The van der Waals surface area contributed by atoms with Crippen molar-refractivity contribution in [2.45, 2.75) is 26.1 Å². The molecule has 0 bridgehead atoms. The Morgan fingerprint density at radius 2 is 2.05 bits per heavy atom. The van der Waals surface area contributed by atoms with Crippen LogP contribution in [0.1, 0.15) is 18.9 Å². The summed E-state index contributed by atoms with van der Waals surface area (Å²) in [5.41, 5.74) is 0.476. The van der Waals surface area contributed by atoms with Gasteiger partial charge in [0, 0.05) is 6.54 Å². The molecule has 2 nitrogen and oxygen atoms in total. The molecule has 0 aliphatic rings. The Morgan fingerprint density at radius 3 is 2.67 bits per heavy atom. The van der Waals surface area contributed by atoms with Gasteiger partial charge >= 0.3 is 6.18 Å². The first-order valence-electron chi connectivity index (χ1n) is 6.62. The molecule has 0 saturated heterocycles. The maximum Gasteiger partial charge on any atom is 0.416 e. The van der Waals surface area contributed by atoms with Crippen molar-refractivity contribution in [2.24, 2.45) is 0 Å². The number of hydrogen-bond acceptors (Lipinski definition) is 2. The molecule has 0 aliphatic carbocycles. The molecule has 3 rings (SSSR count). The molecule has 21 heavy (non-hydrogen) atoms. The molecule has 0 amide bonds. The Bertz CT molecular complexity index is 757. The van der Waals surface area contributed by atoms with E-state index in [4.69, 9.17) is 0 Å². The van der Waals surface area contributed by atoms with E-state index in [9.17, 15) is 13.2 Å². The summed E-state index contributed by atoms with van der Waals surface area (Å²) >= 11 is 1.54. The second-order valence-corrected chi connectivity index (χ2v) is 5.71. The molecule has 3 aromatic rings. The lowest BCUT2D eigenvalue weighted by molar-refractivity contribution is -0.137. The highest BCUT2D eigenvalue weighted by atomic mass is 32.1. The smallest absolute Gasteiger partial charge is 0.323 e. The second-order valence-electron chi connectivity index (χ2n) is 4.77. The average molecular weight is 310 g/mol. The monoisotopic (exact) mass is 310 g/mol. The molecule has 2 aromatic heterocycles. The first kappa shape index (κ1) is 14.1. The Balaban J connectivity index is 2.21. The number of benzene rings is 1. The summed E-state index contributed by atoms with van der Waals surface area (Å²) in [4.78, 5) is 5.39. The molecule has 0 saturated carbocycles. The van der Waals surface area contributed by atoms with Crippen LogP contribution in [0.4, 0.5) is 13.2 Å². The van der Waals surface area contributed by atoms with Gasteiger partial charge in [-0.25, -0.2) is 4.98 Å². The third kappa shape index (κ3) is 2.55. The molecule has 0 atom stereocenters. The topological polar surface area (TPSA) is 17.8 Å². The average Bonchev–Trinajstić information content (AvgIpc) is 3.05. The number of thiophene rings is 1. The number of hydrogen-bond donors (Lipinski definition) is 0. The lowest BCUT2D eigenvalue weighted by atomic mass is 10.2. The summed E-state index contributed by atoms with van der Waals surface area (Å²) in [5.74, 6) is 0.737. The number of aromatic nitrogens is 2. The lowest BCUT2D eigenvalue weighted by Gasteiger charge is -2.08. The zero-order chi connectivity index (χ0) is 15.0. The van der Waals surface area contributed by atoms with Gasteiger partial charge in [0.25, 0.3) is 0 Å². The van der Waals surface area contributed by atoms with Crippen molar-refractivity contribution in [3.05, 3.63) is 41.3 Å². The summed E-state index contributed by atoms with van der Waals surface area (Å²) in [6, 6.07) is 7.60. The van der Waals surface area contributed by atoms with E-state index < -0.39 is 11.7 Å². The molecular formula is C15H13F3N2S. The van der Waals surface area contributed by atoms with Crippen molar-refractivity contribution in [3.63, 3.8) is 0 Å². The minimum atomic E-state index is -4.34. The third-order valence-corrected chi connectivity index (χ3v) is 4.13. The first-order chi connectivity index (χ1) is 10.0. The lowest BCUT2D eigenvalue weighted by Crippen LogP contribution is -2.04. The quantitative estimate of drug-likeness (QED) is 0.650. The molecule has 1 aromatic carbocycles. The van der Waals surface area contributed by atoms with Gasteiger partial charge < -0.3 is 4.57 Å². The Hall–Kier alpha value is -1.82. The maximum atomic E-state index is 12.8. The van der Waals surface area contributed by atoms with Gasteiger partial charge in [0.2, 0.25) is 0 Å². The van der Waals surface area contributed by atoms with E-state index in [0.717, 1.165) is 41.3 Å². The van der Waals surface area contributed by atoms with Crippen molar-refractivity contribution < 1.29 is 13.2 Å². The standard InChI is InChI=1S/C15H13F3N2S/c1-2-7-20-12-6-5-10(15(16,17)18)9-11(12)19-14(20)13-4-3-8-21-13/h3-6,8-9H,2,7H2,1H3. The van der Waals surface area contributed by atoms with Crippen LogP contribution in [0.25, 0.3) is 21.7 Å². The Labute approximate surface area is 123 Å². The number of fused-ring (bicyclic) bond motifs is 1. The molecular weight excluding hydrogens is 297 g/mol. The predicted molar refractivity (Wildman–Crippen MR) is 78.3 cm³/mol. The largest absolute Gasteiger partial charge is 0.416 e. The number of imidazole rings is 1. The highest BCUT2D eigenvalue weighted by molar-refractivity contribution is 7.13. The minimum Gasteiger partial charge on any atom is -0.323 e. The molecule has 110 valence electrons. The van der Waals surface area contributed by atoms with Crippen molar-refractivity contribution in [3.8, 4) is 10.7 Å². The van der Waals surface area contributed by atoms with Crippen LogP contribution in [0.2, 0.25) is 0 Å². The molecule has 0 unspecified atom stereocenters. The van der Waals surface area contributed by atoms with Gasteiger partial charge in [-0.1, -0.05) is 13.0 Å². The van der Waals surface area contributed by atoms with E-state index >= 15 is 0 Å². The molecule has 2 heterocycles. The third-order valence-electron chi connectivity index (χ3n) is 3.26. The van der Waals surface area contributed by atoms with E-state index in [1.54, 1.807) is 0 Å². The molecule has 0 radical (unpaired) electrons. The van der Waals surface area contributed by atoms with Gasteiger partial charge in [0.05, 0.1) is 21.5 Å². The second kappa shape index (κ2) is 5.18. The van der Waals surface area contributed by atoms with Crippen LogP contribution in [0, 0.1) is 0 Å². The Morgan fingerprint density at radius 1 is 1.24 bits per heavy atom. The van der Waals surface area contributed by atoms with Crippen molar-refractivity contribution >= 4 is 22.4 Å². The summed E-state index contributed by atoms with van der Waals surface area (Å²) in [6.45, 7) is 2.77. The summed E-state index contributed by atoms with van der Waals surface area (Å²) < 4.78 is 40.4. The fourth-order valence-corrected chi connectivity index (χ4v) is 3.07. The fraction of sp³-hybridized carbons (Fsp3) is 0.267. The van der Waals surface area contributed by atoms with Crippen molar-refractivity contribution in [1.82, 2.24) is 9.55 Å². The zero-order valence-corrected chi connectivity index (χ0v) is 12.1. The highest BCUT2D eigenvalue weighted by Crippen LogP contribution is 2.33. The molecule has 0 N–H and O–H groups in total. The van der Waals surface area contributed by atoms with Crippen LogP contribution < -0.4 is 0 Å². The Kier molecular flexibility index (Phi) is 3.49. The number of alkyl halides is 3. The predicted octanol–water partition coefficient (Wildman–Crippen LogP) is 5.19. The van der Waals surface area contributed by atoms with Crippen LogP contribution >= 0.6 is 11.3 Å². The minimum absolute atomic E-state index is 0.390. The van der Waals surface area contributed by atoms with Crippen LogP contribution in [0.3, 0.4) is 0 Å². The zero-order valence-electron chi connectivity index (χ0n) is 11.3. The van der Waals surface area contributed by atoms with E-state index in [1.165, 1.54) is 17.4 Å². The van der Waals surface area contributed by atoms with Gasteiger partial charge in [-0.15, -0.1) is 11.3 Å². The van der Waals surface area contributed by atoms with E-state index in [1.807, 2.05) is 29.0 Å². The summed E-state index contributed by atoms with van der Waals surface area (Å²) in [7, 11) is 0. The van der Waals surface area contributed by atoms with Crippen molar-refractivity contribution in [2.75, 3.05) is 0 Å². The normalized spacial score (nSPS) is 12.2. The first-order valence-corrected chi connectivity index (χ1v) is 7.50. The molecule has 0 aliphatic heterocycles. The summed E-state index contributed by atoms with van der Waals surface area (Å²) in [6.07, 6.45) is -3.45. The van der Waals surface area contributed by atoms with Crippen LogP contribution in [-0.4, -0.2) is 9.55 Å².